The van der Waals surface area contributed by atoms with Crippen LogP contribution in [0.15, 0.2) is 29.2 Å². The van der Waals surface area contributed by atoms with Gasteiger partial charge in [0.1, 0.15) is 0 Å². The number of anilines is 1. The lowest BCUT2D eigenvalue weighted by Gasteiger charge is -2.10. The number of hydrogen-bond donors (Lipinski definition) is 3. The van der Waals surface area contributed by atoms with Crippen molar-refractivity contribution in [2.75, 3.05) is 18.4 Å². The zero-order chi connectivity index (χ0) is 15.2. The fraction of sp³-hybridized carbons (Fsp3) is 0.462. The fourth-order valence-electron chi connectivity index (χ4n) is 1.54. The number of hydrogen-bond acceptors (Lipinski definition) is 4. The molecule has 0 bridgehead atoms. The molecule has 0 aliphatic heterocycles. The fourth-order valence-corrected chi connectivity index (χ4v) is 2.79. The molecule has 7 heteroatoms. The first-order valence-corrected chi connectivity index (χ1v) is 7.96. The summed E-state index contributed by atoms with van der Waals surface area (Å²) in [4.78, 5) is 11.7. The molecule has 0 atom stereocenters. The maximum absolute atomic E-state index is 11.9. The highest BCUT2D eigenvalue weighted by atomic mass is 32.2. The average Bonchev–Trinajstić information content (AvgIpc) is 2.35. The van der Waals surface area contributed by atoms with Gasteiger partial charge >= 0.3 is 0 Å². The van der Waals surface area contributed by atoms with Crippen LogP contribution in [0, 0.1) is 0 Å². The van der Waals surface area contributed by atoms with E-state index < -0.39 is 10.0 Å². The normalized spacial score (nSPS) is 11.6. The Hall–Kier alpha value is -1.44. The Labute approximate surface area is 120 Å². The molecule has 0 aliphatic carbocycles. The smallest absolute Gasteiger partial charge is 0.240 e. The Kier molecular flexibility index (Phi) is 6.12. The van der Waals surface area contributed by atoms with Gasteiger partial charge in [0.05, 0.1) is 11.4 Å². The summed E-state index contributed by atoms with van der Waals surface area (Å²) in [6.07, 6.45) is 0. The molecule has 0 unspecified atom stereocenters. The number of likely N-dealkylation sites (N-methyl/N-ethyl adjacent to an activating group) is 1. The zero-order valence-electron chi connectivity index (χ0n) is 11.9. The van der Waals surface area contributed by atoms with Gasteiger partial charge < -0.3 is 10.6 Å². The molecule has 0 aliphatic rings. The van der Waals surface area contributed by atoms with Crippen LogP contribution in [0.5, 0.6) is 0 Å². The maximum Gasteiger partial charge on any atom is 0.240 e. The van der Waals surface area contributed by atoms with Gasteiger partial charge in [-0.1, -0.05) is 6.92 Å². The van der Waals surface area contributed by atoms with Crippen molar-refractivity contribution in [2.45, 2.75) is 31.7 Å². The highest BCUT2D eigenvalue weighted by molar-refractivity contribution is 7.89. The number of carbonyl (C=O) groups excluding carboxylic acids is 1. The monoisotopic (exact) mass is 299 g/mol. The van der Waals surface area contributed by atoms with E-state index in [1.165, 1.54) is 12.1 Å². The van der Waals surface area contributed by atoms with Crippen molar-refractivity contribution < 1.29 is 13.2 Å². The van der Waals surface area contributed by atoms with Crippen LogP contribution in [-0.4, -0.2) is 33.5 Å². The molecule has 1 rings (SSSR count). The third kappa shape index (κ3) is 5.28. The van der Waals surface area contributed by atoms with Crippen LogP contribution in [0.3, 0.4) is 0 Å². The predicted molar refractivity (Wildman–Crippen MR) is 79.1 cm³/mol. The summed E-state index contributed by atoms with van der Waals surface area (Å²) in [5.74, 6) is -0.164. The quantitative estimate of drug-likeness (QED) is 0.699. The molecule has 0 fully saturated rings. The number of sulfonamides is 1. The van der Waals surface area contributed by atoms with Gasteiger partial charge in [0, 0.05) is 11.7 Å². The summed E-state index contributed by atoms with van der Waals surface area (Å²) in [6.45, 7) is 6.37. The Balaban J connectivity index is 2.72. The number of carbonyl (C=O) groups is 1. The van der Waals surface area contributed by atoms with Crippen molar-refractivity contribution in [3.63, 3.8) is 0 Å². The van der Waals surface area contributed by atoms with E-state index in [1.807, 2.05) is 6.92 Å². The second-order valence-electron chi connectivity index (χ2n) is 4.63. The van der Waals surface area contributed by atoms with Crippen molar-refractivity contribution in [2.24, 2.45) is 0 Å². The van der Waals surface area contributed by atoms with Gasteiger partial charge in [0.2, 0.25) is 15.9 Å². The minimum atomic E-state index is -3.49. The molecule has 0 saturated carbocycles. The molecule has 112 valence electrons. The van der Waals surface area contributed by atoms with Crippen LogP contribution in [0.25, 0.3) is 0 Å². The lowest BCUT2D eigenvalue weighted by atomic mass is 10.3. The molecule has 0 heterocycles. The van der Waals surface area contributed by atoms with E-state index in [2.05, 4.69) is 15.4 Å². The SMILES string of the molecule is CCNCC(=O)Nc1ccc(S(=O)(=O)NC(C)C)cc1. The van der Waals surface area contributed by atoms with E-state index in [-0.39, 0.29) is 23.4 Å². The minimum absolute atomic E-state index is 0.164. The maximum atomic E-state index is 11.9. The molecule has 0 radical (unpaired) electrons. The number of benzene rings is 1. The average molecular weight is 299 g/mol. The first kappa shape index (κ1) is 16.6. The molecule has 1 amide bonds. The van der Waals surface area contributed by atoms with Crippen molar-refractivity contribution in [1.29, 1.82) is 0 Å². The Morgan fingerprint density at radius 1 is 1.20 bits per heavy atom. The van der Waals surface area contributed by atoms with E-state index in [4.69, 9.17) is 0 Å². The summed E-state index contributed by atoms with van der Waals surface area (Å²) in [5, 5.41) is 5.59. The van der Waals surface area contributed by atoms with Crippen LogP contribution in [-0.2, 0) is 14.8 Å². The van der Waals surface area contributed by atoms with Crippen molar-refractivity contribution in [3.8, 4) is 0 Å². The van der Waals surface area contributed by atoms with Gasteiger partial charge in [-0.3, -0.25) is 4.79 Å². The molecule has 1 aromatic rings. The molecule has 0 spiro atoms. The Bertz CT molecular complexity index is 538. The van der Waals surface area contributed by atoms with Gasteiger partial charge in [0.25, 0.3) is 0 Å². The summed E-state index contributed by atoms with van der Waals surface area (Å²) < 4.78 is 26.3. The highest BCUT2D eigenvalue weighted by Gasteiger charge is 2.14. The molecule has 20 heavy (non-hydrogen) atoms. The molecule has 1 aromatic carbocycles. The number of nitrogens with one attached hydrogen (secondary N) is 3. The van der Waals surface area contributed by atoms with Crippen molar-refractivity contribution in [3.05, 3.63) is 24.3 Å². The van der Waals surface area contributed by atoms with Gasteiger partial charge in [-0.05, 0) is 44.7 Å². The van der Waals surface area contributed by atoms with Crippen LogP contribution in [0.1, 0.15) is 20.8 Å². The first-order chi connectivity index (χ1) is 9.35. The third-order valence-electron chi connectivity index (χ3n) is 2.37. The lowest BCUT2D eigenvalue weighted by Crippen LogP contribution is -2.30. The molecular weight excluding hydrogens is 278 g/mol. The molecule has 3 N–H and O–H groups in total. The van der Waals surface area contributed by atoms with Gasteiger partial charge in [0.15, 0.2) is 0 Å². The molecular formula is C13H21N3O3S. The number of amides is 1. The van der Waals surface area contributed by atoms with E-state index in [0.717, 1.165) is 0 Å². The van der Waals surface area contributed by atoms with E-state index in [0.29, 0.717) is 12.2 Å². The second-order valence-corrected chi connectivity index (χ2v) is 6.34. The topological polar surface area (TPSA) is 87.3 Å². The summed E-state index contributed by atoms with van der Waals surface area (Å²) in [5.41, 5.74) is 0.566. The number of rotatable bonds is 7. The highest BCUT2D eigenvalue weighted by Crippen LogP contribution is 2.14. The Morgan fingerprint density at radius 3 is 2.30 bits per heavy atom. The molecule has 0 saturated heterocycles. The molecule has 0 aromatic heterocycles. The Morgan fingerprint density at radius 2 is 1.80 bits per heavy atom. The summed E-state index contributed by atoms with van der Waals surface area (Å²) in [6, 6.07) is 5.90. The van der Waals surface area contributed by atoms with Gasteiger partial charge in [-0.25, -0.2) is 13.1 Å². The summed E-state index contributed by atoms with van der Waals surface area (Å²) >= 11 is 0. The first-order valence-electron chi connectivity index (χ1n) is 6.48. The zero-order valence-corrected chi connectivity index (χ0v) is 12.8. The minimum Gasteiger partial charge on any atom is -0.325 e. The molecule has 6 nitrogen and oxygen atoms in total. The largest absolute Gasteiger partial charge is 0.325 e. The lowest BCUT2D eigenvalue weighted by molar-refractivity contribution is -0.115. The predicted octanol–water partition coefficient (Wildman–Crippen LogP) is 0.921. The van der Waals surface area contributed by atoms with Gasteiger partial charge in [-0.2, -0.15) is 0 Å². The standard InChI is InChI=1S/C13H21N3O3S/c1-4-14-9-13(17)15-11-5-7-12(8-6-11)20(18,19)16-10(2)3/h5-8,10,14,16H,4,9H2,1-3H3,(H,15,17). The van der Waals surface area contributed by atoms with Crippen LogP contribution < -0.4 is 15.4 Å². The van der Waals surface area contributed by atoms with Crippen LogP contribution >= 0.6 is 0 Å². The third-order valence-corrected chi connectivity index (χ3v) is 4.05. The van der Waals surface area contributed by atoms with Gasteiger partial charge in [-0.15, -0.1) is 0 Å². The van der Waals surface area contributed by atoms with E-state index in [9.17, 15) is 13.2 Å². The van der Waals surface area contributed by atoms with Crippen molar-refractivity contribution >= 4 is 21.6 Å². The van der Waals surface area contributed by atoms with Crippen LogP contribution in [0.2, 0.25) is 0 Å². The summed E-state index contributed by atoms with van der Waals surface area (Å²) in [7, 11) is -3.49. The second kappa shape index (κ2) is 7.37. The van der Waals surface area contributed by atoms with E-state index in [1.54, 1.807) is 26.0 Å². The van der Waals surface area contributed by atoms with E-state index >= 15 is 0 Å². The van der Waals surface area contributed by atoms with Crippen LogP contribution in [0.4, 0.5) is 5.69 Å². The van der Waals surface area contributed by atoms with Crippen molar-refractivity contribution in [1.82, 2.24) is 10.0 Å².